The maximum atomic E-state index is 12.5. The molecule has 0 amide bonds. The Hall–Kier alpha value is -1.07. The fraction of sp³-hybridized carbons (Fsp3) is 0.333. The van der Waals surface area contributed by atoms with Gasteiger partial charge in [-0.05, 0) is 48.5 Å². The number of hydrogen-bond donors (Lipinski definition) is 1. The predicted molar refractivity (Wildman–Crippen MR) is 64.5 cm³/mol. The number of halogens is 3. The highest BCUT2D eigenvalue weighted by Gasteiger charge is 2.30. The average Bonchev–Trinajstić information content (AvgIpc) is 2.67. The van der Waals surface area contributed by atoms with E-state index in [0.29, 0.717) is 4.70 Å². The molecule has 0 aliphatic rings. The summed E-state index contributed by atoms with van der Waals surface area (Å²) in [5, 5.41) is 5.89. The SMILES string of the molecule is CNCCc1csc2cc(C(F)(F)F)ccc12. The van der Waals surface area contributed by atoms with Crippen molar-refractivity contribution < 1.29 is 13.2 Å². The maximum absolute atomic E-state index is 12.5. The Morgan fingerprint density at radius 2 is 2.06 bits per heavy atom. The average molecular weight is 259 g/mol. The van der Waals surface area contributed by atoms with Crippen molar-refractivity contribution >= 4 is 21.4 Å². The lowest BCUT2D eigenvalue weighted by Crippen LogP contribution is -2.09. The largest absolute Gasteiger partial charge is 0.416 e. The summed E-state index contributed by atoms with van der Waals surface area (Å²) in [7, 11) is 1.86. The van der Waals surface area contributed by atoms with E-state index >= 15 is 0 Å². The summed E-state index contributed by atoms with van der Waals surface area (Å²) < 4.78 is 38.3. The fourth-order valence-corrected chi connectivity index (χ4v) is 2.75. The summed E-state index contributed by atoms with van der Waals surface area (Å²) in [6.45, 7) is 0.826. The maximum Gasteiger partial charge on any atom is 0.416 e. The molecule has 1 nitrogen and oxygen atoms in total. The topological polar surface area (TPSA) is 12.0 Å². The van der Waals surface area contributed by atoms with E-state index in [1.807, 2.05) is 12.4 Å². The first kappa shape index (κ1) is 12.4. The van der Waals surface area contributed by atoms with Gasteiger partial charge in [0.25, 0.3) is 0 Å². The van der Waals surface area contributed by atoms with E-state index in [-0.39, 0.29) is 0 Å². The predicted octanol–water partition coefficient (Wildman–Crippen LogP) is 3.68. The van der Waals surface area contributed by atoms with E-state index in [9.17, 15) is 13.2 Å². The lowest BCUT2D eigenvalue weighted by molar-refractivity contribution is -0.137. The van der Waals surface area contributed by atoms with Gasteiger partial charge in [-0.15, -0.1) is 11.3 Å². The number of likely N-dealkylation sites (N-methyl/N-ethyl adjacent to an activating group) is 1. The van der Waals surface area contributed by atoms with Gasteiger partial charge >= 0.3 is 6.18 Å². The smallest absolute Gasteiger partial charge is 0.319 e. The van der Waals surface area contributed by atoms with E-state index in [1.165, 1.54) is 17.4 Å². The molecule has 0 fully saturated rings. The molecular formula is C12H12F3NS. The number of hydrogen-bond acceptors (Lipinski definition) is 2. The first-order chi connectivity index (χ1) is 8.02. The molecule has 1 heterocycles. The molecule has 1 N–H and O–H groups in total. The van der Waals surface area contributed by atoms with Gasteiger partial charge in [-0.3, -0.25) is 0 Å². The number of nitrogens with one attached hydrogen (secondary N) is 1. The van der Waals surface area contributed by atoms with Gasteiger partial charge in [0.2, 0.25) is 0 Å². The zero-order chi connectivity index (χ0) is 12.5. The van der Waals surface area contributed by atoms with Gasteiger partial charge in [-0.2, -0.15) is 13.2 Å². The van der Waals surface area contributed by atoms with Gasteiger partial charge in [0.05, 0.1) is 5.56 Å². The van der Waals surface area contributed by atoms with Crippen LogP contribution in [-0.4, -0.2) is 13.6 Å². The molecule has 0 unspecified atom stereocenters. The molecule has 0 bridgehead atoms. The quantitative estimate of drug-likeness (QED) is 0.886. The van der Waals surface area contributed by atoms with E-state index < -0.39 is 11.7 Å². The lowest BCUT2D eigenvalue weighted by atomic mass is 10.1. The normalized spacial score (nSPS) is 12.2. The number of fused-ring (bicyclic) bond motifs is 1. The van der Waals surface area contributed by atoms with Crippen molar-refractivity contribution in [3.05, 3.63) is 34.7 Å². The molecule has 1 aromatic carbocycles. The van der Waals surface area contributed by atoms with Crippen LogP contribution in [-0.2, 0) is 12.6 Å². The highest BCUT2D eigenvalue weighted by Crippen LogP contribution is 2.34. The highest BCUT2D eigenvalue weighted by molar-refractivity contribution is 7.17. The molecule has 5 heteroatoms. The number of alkyl halides is 3. The fourth-order valence-electron chi connectivity index (χ4n) is 1.71. The summed E-state index contributed by atoms with van der Waals surface area (Å²) in [5.74, 6) is 0. The van der Waals surface area contributed by atoms with E-state index in [2.05, 4.69) is 5.32 Å². The van der Waals surface area contributed by atoms with Crippen molar-refractivity contribution in [2.75, 3.05) is 13.6 Å². The zero-order valence-corrected chi connectivity index (χ0v) is 10.1. The monoisotopic (exact) mass is 259 g/mol. The summed E-state index contributed by atoms with van der Waals surface area (Å²) in [4.78, 5) is 0. The third-order valence-electron chi connectivity index (χ3n) is 2.63. The zero-order valence-electron chi connectivity index (χ0n) is 9.27. The molecular weight excluding hydrogens is 247 g/mol. The van der Waals surface area contributed by atoms with Crippen LogP contribution in [0.1, 0.15) is 11.1 Å². The Bertz CT molecular complexity index is 516. The van der Waals surface area contributed by atoms with Crippen LogP contribution < -0.4 is 5.32 Å². The first-order valence-electron chi connectivity index (χ1n) is 5.24. The Kier molecular flexibility index (Phi) is 3.40. The minimum absolute atomic E-state index is 0.577. The minimum atomic E-state index is -4.26. The van der Waals surface area contributed by atoms with Crippen molar-refractivity contribution in [1.29, 1.82) is 0 Å². The molecule has 1 aromatic heterocycles. The second-order valence-corrected chi connectivity index (χ2v) is 4.73. The summed E-state index contributed by atoms with van der Waals surface area (Å²) in [6.07, 6.45) is -3.43. The molecule has 0 spiro atoms. The lowest BCUT2D eigenvalue weighted by Gasteiger charge is -2.06. The Balaban J connectivity index is 2.38. The van der Waals surface area contributed by atoms with Gasteiger partial charge in [0, 0.05) is 4.70 Å². The molecule has 17 heavy (non-hydrogen) atoms. The number of rotatable bonds is 3. The van der Waals surface area contributed by atoms with E-state index in [1.54, 1.807) is 6.07 Å². The van der Waals surface area contributed by atoms with E-state index in [4.69, 9.17) is 0 Å². The Labute approximate surface area is 101 Å². The molecule has 92 valence electrons. The second-order valence-electron chi connectivity index (χ2n) is 3.82. The highest BCUT2D eigenvalue weighted by atomic mass is 32.1. The van der Waals surface area contributed by atoms with Crippen LogP contribution >= 0.6 is 11.3 Å². The molecule has 0 aliphatic heterocycles. The first-order valence-corrected chi connectivity index (χ1v) is 6.12. The van der Waals surface area contributed by atoms with Gasteiger partial charge < -0.3 is 5.32 Å². The van der Waals surface area contributed by atoms with Crippen LogP contribution in [0.2, 0.25) is 0 Å². The van der Waals surface area contributed by atoms with Gasteiger partial charge in [0.15, 0.2) is 0 Å². The molecule has 0 atom stereocenters. The standard InChI is InChI=1S/C12H12F3NS/c1-16-5-4-8-7-17-11-6-9(12(13,14)15)2-3-10(8)11/h2-3,6-7,16H,4-5H2,1H3. The van der Waals surface area contributed by atoms with Crippen LogP contribution in [0, 0.1) is 0 Å². The summed E-state index contributed by atoms with van der Waals surface area (Å²) >= 11 is 1.37. The molecule has 0 saturated carbocycles. The molecule has 2 rings (SSSR count). The molecule has 2 aromatic rings. The summed E-state index contributed by atoms with van der Waals surface area (Å²) in [5.41, 5.74) is 0.528. The van der Waals surface area contributed by atoms with Crippen molar-refractivity contribution in [2.24, 2.45) is 0 Å². The molecule has 0 saturated heterocycles. The number of benzene rings is 1. The van der Waals surface area contributed by atoms with Crippen LogP contribution in [0.3, 0.4) is 0 Å². The Morgan fingerprint density at radius 1 is 1.29 bits per heavy atom. The third-order valence-corrected chi connectivity index (χ3v) is 3.62. The van der Waals surface area contributed by atoms with Crippen LogP contribution in [0.4, 0.5) is 13.2 Å². The van der Waals surface area contributed by atoms with Gasteiger partial charge in [-0.1, -0.05) is 6.07 Å². The van der Waals surface area contributed by atoms with E-state index in [0.717, 1.165) is 30.0 Å². The van der Waals surface area contributed by atoms with Crippen molar-refractivity contribution in [1.82, 2.24) is 5.32 Å². The van der Waals surface area contributed by atoms with Gasteiger partial charge in [-0.25, -0.2) is 0 Å². The minimum Gasteiger partial charge on any atom is -0.319 e. The van der Waals surface area contributed by atoms with Crippen LogP contribution in [0.25, 0.3) is 10.1 Å². The Morgan fingerprint density at radius 3 is 2.71 bits per heavy atom. The summed E-state index contributed by atoms with van der Waals surface area (Å²) in [6, 6.07) is 3.94. The third kappa shape index (κ3) is 2.61. The van der Waals surface area contributed by atoms with Gasteiger partial charge in [0.1, 0.15) is 0 Å². The van der Waals surface area contributed by atoms with Crippen molar-refractivity contribution in [3.63, 3.8) is 0 Å². The van der Waals surface area contributed by atoms with Crippen LogP contribution in [0.15, 0.2) is 23.6 Å². The van der Waals surface area contributed by atoms with Crippen molar-refractivity contribution in [3.8, 4) is 0 Å². The number of thiophene rings is 1. The molecule has 0 aliphatic carbocycles. The van der Waals surface area contributed by atoms with Crippen LogP contribution in [0.5, 0.6) is 0 Å². The second kappa shape index (κ2) is 4.66. The van der Waals surface area contributed by atoms with Crippen molar-refractivity contribution in [2.45, 2.75) is 12.6 Å². The molecule has 0 radical (unpaired) electrons.